The molecule has 3 heterocycles. The first kappa shape index (κ1) is 23.2. The Morgan fingerprint density at radius 2 is 1.89 bits per heavy atom. The topological polar surface area (TPSA) is 67.2 Å². The zero-order valence-corrected chi connectivity index (χ0v) is 20.5. The molecular formula is C27H27FN4O2S. The first-order valence-corrected chi connectivity index (χ1v) is 12.7. The molecule has 0 bridgehead atoms. The summed E-state index contributed by atoms with van der Waals surface area (Å²) in [6.07, 6.45) is 1.57. The number of thiophene rings is 1. The number of benzene rings is 2. The molecule has 180 valence electrons. The highest BCUT2D eigenvalue weighted by Crippen LogP contribution is 2.27. The van der Waals surface area contributed by atoms with E-state index in [4.69, 9.17) is 4.98 Å². The average molecular weight is 491 g/mol. The van der Waals surface area contributed by atoms with E-state index < -0.39 is 0 Å². The fraction of sp³-hybridized carbons (Fsp3) is 0.296. The molecule has 1 amide bonds. The standard InChI is InChI=1S/C27H27FN4O2S/c1-17-5-11-22(12-6-17)32-26(34)24-23(13-15-35-24)30-27(32)31-14-3-4-20(16-31)25(33)29-18(2)19-7-9-21(28)10-8-19/h5-13,15,18,20H,3-4,14,16H2,1-2H3,(H,29,33). The van der Waals surface area contributed by atoms with Gasteiger partial charge in [-0.3, -0.25) is 9.59 Å². The quantitative estimate of drug-likeness (QED) is 0.428. The molecule has 2 unspecified atom stereocenters. The number of aryl methyl sites for hydroxylation is 1. The van der Waals surface area contributed by atoms with Gasteiger partial charge < -0.3 is 10.2 Å². The first-order chi connectivity index (χ1) is 16.9. The predicted molar refractivity (Wildman–Crippen MR) is 138 cm³/mol. The molecular weight excluding hydrogens is 463 g/mol. The van der Waals surface area contributed by atoms with Crippen molar-refractivity contribution >= 4 is 33.4 Å². The molecule has 2 aromatic carbocycles. The summed E-state index contributed by atoms with van der Waals surface area (Å²) < 4.78 is 15.6. The highest BCUT2D eigenvalue weighted by Gasteiger charge is 2.30. The third-order valence-electron chi connectivity index (χ3n) is 6.56. The molecule has 2 atom stereocenters. The molecule has 8 heteroatoms. The molecule has 1 saturated heterocycles. The SMILES string of the molecule is Cc1ccc(-n2c(N3CCCC(C(=O)NC(C)c4ccc(F)cc4)C3)nc3ccsc3c2=O)cc1. The summed E-state index contributed by atoms with van der Waals surface area (Å²) in [6.45, 7) is 5.09. The fourth-order valence-electron chi connectivity index (χ4n) is 4.58. The summed E-state index contributed by atoms with van der Waals surface area (Å²) in [5.41, 5.74) is 3.30. The second-order valence-corrected chi connectivity index (χ2v) is 10.0. The van der Waals surface area contributed by atoms with E-state index >= 15 is 0 Å². The van der Waals surface area contributed by atoms with Crippen LogP contribution < -0.4 is 15.8 Å². The van der Waals surface area contributed by atoms with Crippen LogP contribution >= 0.6 is 11.3 Å². The van der Waals surface area contributed by atoms with Gasteiger partial charge in [-0.05, 0) is 68.0 Å². The van der Waals surface area contributed by atoms with E-state index in [-0.39, 0.29) is 29.2 Å². The van der Waals surface area contributed by atoms with E-state index in [1.807, 2.05) is 49.6 Å². The number of amides is 1. The Hall–Kier alpha value is -3.52. The molecule has 6 nitrogen and oxygen atoms in total. The fourth-order valence-corrected chi connectivity index (χ4v) is 5.34. The maximum absolute atomic E-state index is 13.5. The van der Waals surface area contributed by atoms with E-state index in [0.717, 1.165) is 29.7 Å². The smallest absolute Gasteiger partial charge is 0.277 e. The number of fused-ring (bicyclic) bond motifs is 1. The summed E-state index contributed by atoms with van der Waals surface area (Å²) in [5, 5.41) is 4.95. The van der Waals surface area contributed by atoms with Crippen LogP contribution in [0, 0.1) is 18.7 Å². The van der Waals surface area contributed by atoms with Gasteiger partial charge in [0.05, 0.1) is 23.2 Å². The zero-order valence-electron chi connectivity index (χ0n) is 19.7. The van der Waals surface area contributed by atoms with Crippen LogP contribution in [-0.4, -0.2) is 28.5 Å². The Labute approximate surface area is 207 Å². The van der Waals surface area contributed by atoms with E-state index in [9.17, 15) is 14.0 Å². The van der Waals surface area contributed by atoms with Gasteiger partial charge >= 0.3 is 0 Å². The van der Waals surface area contributed by atoms with Gasteiger partial charge in [-0.25, -0.2) is 13.9 Å². The van der Waals surface area contributed by atoms with E-state index in [0.29, 0.717) is 29.3 Å². The molecule has 0 radical (unpaired) electrons. The number of piperidine rings is 1. The minimum atomic E-state index is -0.301. The monoisotopic (exact) mass is 490 g/mol. The van der Waals surface area contributed by atoms with Crippen LogP contribution in [0.1, 0.15) is 36.9 Å². The summed E-state index contributed by atoms with van der Waals surface area (Å²) in [5.74, 6) is -0.0284. The molecule has 0 aliphatic carbocycles. The number of anilines is 1. The van der Waals surface area contributed by atoms with Gasteiger partial charge in [-0.1, -0.05) is 29.8 Å². The second-order valence-electron chi connectivity index (χ2n) is 9.09. The van der Waals surface area contributed by atoms with Gasteiger partial charge in [-0.2, -0.15) is 0 Å². The molecule has 35 heavy (non-hydrogen) atoms. The summed E-state index contributed by atoms with van der Waals surface area (Å²) >= 11 is 1.39. The number of hydrogen-bond acceptors (Lipinski definition) is 5. The third kappa shape index (κ3) is 4.71. The molecule has 0 spiro atoms. The molecule has 2 aromatic heterocycles. The van der Waals surface area contributed by atoms with Crippen molar-refractivity contribution in [3.8, 4) is 5.69 Å². The lowest BCUT2D eigenvalue weighted by molar-refractivity contribution is -0.125. The highest BCUT2D eigenvalue weighted by atomic mass is 32.1. The second kappa shape index (κ2) is 9.62. The Morgan fingerprint density at radius 1 is 1.14 bits per heavy atom. The largest absolute Gasteiger partial charge is 0.349 e. The van der Waals surface area contributed by atoms with Gasteiger partial charge in [0.15, 0.2) is 0 Å². The van der Waals surface area contributed by atoms with E-state index in [1.54, 1.807) is 16.7 Å². The number of nitrogens with one attached hydrogen (secondary N) is 1. The van der Waals surface area contributed by atoms with Gasteiger partial charge in [0.1, 0.15) is 10.5 Å². The van der Waals surface area contributed by atoms with Crippen molar-refractivity contribution in [3.63, 3.8) is 0 Å². The van der Waals surface area contributed by atoms with Crippen molar-refractivity contribution in [2.75, 3.05) is 18.0 Å². The number of rotatable bonds is 5. The predicted octanol–water partition coefficient (Wildman–Crippen LogP) is 4.99. The Balaban J connectivity index is 1.43. The minimum Gasteiger partial charge on any atom is -0.349 e. The molecule has 5 rings (SSSR count). The van der Waals surface area contributed by atoms with Crippen molar-refractivity contribution < 1.29 is 9.18 Å². The molecule has 4 aromatic rings. The van der Waals surface area contributed by atoms with Gasteiger partial charge in [0.25, 0.3) is 5.56 Å². The molecule has 1 N–H and O–H groups in total. The molecule has 1 aliphatic heterocycles. The maximum Gasteiger partial charge on any atom is 0.277 e. The normalized spacial score (nSPS) is 16.9. The van der Waals surface area contributed by atoms with Crippen LogP contribution in [-0.2, 0) is 4.79 Å². The van der Waals surface area contributed by atoms with E-state index in [2.05, 4.69) is 10.2 Å². The third-order valence-corrected chi connectivity index (χ3v) is 7.45. The van der Waals surface area contributed by atoms with Gasteiger partial charge in [0, 0.05) is 13.1 Å². The van der Waals surface area contributed by atoms with Crippen LogP contribution in [0.15, 0.2) is 64.8 Å². The number of nitrogens with zero attached hydrogens (tertiary/aromatic N) is 3. The summed E-state index contributed by atoms with van der Waals surface area (Å²) in [6, 6.07) is 15.6. The van der Waals surface area contributed by atoms with Crippen LogP contribution in [0.2, 0.25) is 0 Å². The first-order valence-electron chi connectivity index (χ1n) is 11.8. The van der Waals surface area contributed by atoms with Crippen LogP contribution in [0.5, 0.6) is 0 Å². The van der Waals surface area contributed by atoms with Crippen LogP contribution in [0.3, 0.4) is 0 Å². The van der Waals surface area contributed by atoms with Gasteiger partial charge in [-0.15, -0.1) is 11.3 Å². The number of carbonyl (C=O) groups is 1. The Bertz CT molecular complexity index is 1410. The summed E-state index contributed by atoms with van der Waals surface area (Å²) in [4.78, 5) is 33.5. The maximum atomic E-state index is 13.5. The lowest BCUT2D eigenvalue weighted by atomic mass is 9.96. The molecule has 1 fully saturated rings. The summed E-state index contributed by atoms with van der Waals surface area (Å²) in [7, 11) is 0. The van der Waals surface area contributed by atoms with Crippen molar-refractivity contribution in [1.29, 1.82) is 0 Å². The lowest BCUT2D eigenvalue weighted by Gasteiger charge is -2.34. The van der Waals surface area contributed by atoms with Crippen molar-refractivity contribution in [2.45, 2.75) is 32.7 Å². The number of halogens is 1. The van der Waals surface area contributed by atoms with Crippen LogP contribution in [0.25, 0.3) is 15.9 Å². The van der Waals surface area contributed by atoms with E-state index in [1.165, 1.54) is 23.5 Å². The minimum absolute atomic E-state index is 0.0487. The molecule has 0 saturated carbocycles. The van der Waals surface area contributed by atoms with Crippen molar-refractivity contribution in [3.05, 3.63) is 87.3 Å². The number of carbonyl (C=O) groups excluding carboxylic acids is 1. The van der Waals surface area contributed by atoms with Gasteiger partial charge in [0.2, 0.25) is 11.9 Å². The Kier molecular flexibility index (Phi) is 6.38. The zero-order chi connectivity index (χ0) is 24.5. The average Bonchev–Trinajstić information content (AvgIpc) is 3.34. The highest BCUT2D eigenvalue weighted by molar-refractivity contribution is 7.17. The number of aromatic nitrogens is 2. The van der Waals surface area contributed by atoms with Crippen molar-refractivity contribution in [2.24, 2.45) is 5.92 Å². The lowest BCUT2D eigenvalue weighted by Crippen LogP contribution is -2.45. The van der Waals surface area contributed by atoms with Crippen molar-refractivity contribution in [1.82, 2.24) is 14.9 Å². The van der Waals surface area contributed by atoms with Crippen LogP contribution in [0.4, 0.5) is 10.3 Å². The number of hydrogen-bond donors (Lipinski definition) is 1. The molecule has 1 aliphatic rings. The Morgan fingerprint density at radius 3 is 2.63 bits per heavy atom.